The van der Waals surface area contributed by atoms with E-state index < -0.39 is 18.5 Å². The first-order chi connectivity index (χ1) is 8.97. The van der Waals surface area contributed by atoms with Crippen LogP contribution in [0.4, 0.5) is 4.79 Å². The van der Waals surface area contributed by atoms with Gasteiger partial charge in [0.2, 0.25) is 0 Å². The Balaban J connectivity index is 3.81. The number of rotatable bonds is 9. The van der Waals surface area contributed by atoms with Gasteiger partial charge < -0.3 is 25.0 Å². The van der Waals surface area contributed by atoms with Gasteiger partial charge in [0.15, 0.2) is 0 Å². The predicted octanol–water partition coefficient (Wildman–Crippen LogP) is -0.706. The van der Waals surface area contributed by atoms with Crippen molar-refractivity contribution in [1.29, 1.82) is 0 Å². The highest BCUT2D eigenvalue weighted by Crippen LogP contribution is 1.89. The molecule has 0 radical (unpaired) electrons. The van der Waals surface area contributed by atoms with Crippen molar-refractivity contribution >= 4 is 12.0 Å². The molecule has 19 heavy (non-hydrogen) atoms. The van der Waals surface area contributed by atoms with Crippen molar-refractivity contribution in [2.45, 2.75) is 0 Å². The highest BCUT2D eigenvalue weighted by molar-refractivity contribution is 5.80. The van der Waals surface area contributed by atoms with Crippen molar-refractivity contribution in [2.75, 3.05) is 53.5 Å². The van der Waals surface area contributed by atoms with Crippen LogP contribution < -0.4 is 5.32 Å². The van der Waals surface area contributed by atoms with Crippen LogP contribution in [0.15, 0.2) is 0 Å². The number of amides is 2. The number of hydrogen-bond donors (Lipinski definition) is 2. The minimum atomic E-state index is -1.10. The van der Waals surface area contributed by atoms with E-state index in [1.807, 2.05) is 19.0 Å². The number of aliphatic carboxylic acids is 1. The Morgan fingerprint density at radius 2 is 2.05 bits per heavy atom. The molecule has 0 unspecified atom stereocenters. The first-order valence-electron chi connectivity index (χ1n) is 5.88. The average molecular weight is 271 g/mol. The number of carbonyl (C=O) groups is 2. The Labute approximate surface area is 113 Å². The van der Waals surface area contributed by atoms with Crippen LogP contribution in [-0.4, -0.2) is 80.4 Å². The zero-order chi connectivity index (χ0) is 14.7. The van der Waals surface area contributed by atoms with Crippen LogP contribution in [0.5, 0.6) is 0 Å². The van der Waals surface area contributed by atoms with Crippen molar-refractivity contribution in [1.82, 2.24) is 15.1 Å². The number of nitrogens with zero attached hydrogens (tertiary/aromatic N) is 2. The van der Waals surface area contributed by atoms with Crippen LogP contribution in [0, 0.1) is 12.3 Å². The van der Waals surface area contributed by atoms with Gasteiger partial charge >= 0.3 is 12.0 Å². The maximum atomic E-state index is 11.6. The van der Waals surface area contributed by atoms with Gasteiger partial charge in [-0.2, -0.15) is 0 Å². The second kappa shape index (κ2) is 10.2. The second-order valence-corrected chi connectivity index (χ2v) is 4.10. The minimum Gasteiger partial charge on any atom is -0.480 e. The van der Waals surface area contributed by atoms with Crippen LogP contribution in [0.1, 0.15) is 0 Å². The van der Waals surface area contributed by atoms with Crippen LogP contribution in [-0.2, 0) is 9.53 Å². The molecule has 0 saturated carbocycles. The van der Waals surface area contributed by atoms with Gasteiger partial charge in [0, 0.05) is 13.1 Å². The van der Waals surface area contributed by atoms with Gasteiger partial charge in [-0.3, -0.25) is 4.79 Å². The van der Waals surface area contributed by atoms with E-state index in [-0.39, 0.29) is 6.54 Å². The molecule has 0 aromatic carbocycles. The monoisotopic (exact) mass is 271 g/mol. The maximum Gasteiger partial charge on any atom is 0.323 e. The summed E-state index contributed by atoms with van der Waals surface area (Å²) < 4.78 is 5.28. The van der Waals surface area contributed by atoms with E-state index in [0.717, 1.165) is 11.4 Å². The summed E-state index contributed by atoms with van der Waals surface area (Å²) in [6.45, 7) is 1.60. The molecule has 7 nitrogen and oxygen atoms in total. The van der Waals surface area contributed by atoms with E-state index >= 15 is 0 Å². The lowest BCUT2D eigenvalue weighted by Crippen LogP contribution is -2.44. The summed E-state index contributed by atoms with van der Waals surface area (Å²) in [5.41, 5.74) is 0. The molecule has 0 aromatic heterocycles. The lowest BCUT2D eigenvalue weighted by atomic mass is 10.5. The van der Waals surface area contributed by atoms with Gasteiger partial charge in [-0.05, 0) is 14.1 Å². The molecular formula is C12H21N3O4. The molecule has 0 spiro atoms. The molecule has 0 atom stereocenters. The van der Waals surface area contributed by atoms with E-state index in [4.69, 9.17) is 16.3 Å². The quantitative estimate of drug-likeness (QED) is 0.428. The lowest BCUT2D eigenvalue weighted by molar-refractivity contribution is -0.137. The van der Waals surface area contributed by atoms with Crippen molar-refractivity contribution in [3.8, 4) is 12.3 Å². The van der Waals surface area contributed by atoms with E-state index in [1.165, 1.54) is 0 Å². The molecule has 7 heteroatoms. The number of likely N-dealkylation sites (N-methyl/N-ethyl adjacent to an activating group) is 1. The van der Waals surface area contributed by atoms with Crippen molar-refractivity contribution in [2.24, 2.45) is 0 Å². The third-order valence-electron chi connectivity index (χ3n) is 2.10. The lowest BCUT2D eigenvalue weighted by Gasteiger charge is -2.18. The number of terminal acetylenes is 1. The van der Waals surface area contributed by atoms with Crippen molar-refractivity contribution in [3.63, 3.8) is 0 Å². The van der Waals surface area contributed by atoms with Gasteiger partial charge in [0.1, 0.15) is 6.54 Å². The topological polar surface area (TPSA) is 82.1 Å². The normalized spacial score (nSPS) is 10.0. The van der Waals surface area contributed by atoms with Crippen LogP contribution in [0.25, 0.3) is 0 Å². The summed E-state index contributed by atoms with van der Waals surface area (Å²) in [4.78, 5) is 25.2. The molecule has 0 bridgehead atoms. The zero-order valence-electron chi connectivity index (χ0n) is 11.4. The Hall–Kier alpha value is -1.78. The summed E-state index contributed by atoms with van der Waals surface area (Å²) in [5.74, 6) is 1.14. The fourth-order valence-corrected chi connectivity index (χ4v) is 1.16. The molecule has 0 fully saturated rings. The molecule has 0 aliphatic rings. The minimum absolute atomic E-state index is 0.0420. The first kappa shape index (κ1) is 17.2. The third kappa shape index (κ3) is 9.88. The van der Waals surface area contributed by atoms with E-state index in [1.54, 1.807) is 0 Å². The van der Waals surface area contributed by atoms with Crippen molar-refractivity contribution < 1.29 is 19.4 Å². The number of ether oxygens (including phenoxy) is 1. The summed E-state index contributed by atoms with van der Waals surface area (Å²) in [6.07, 6.45) is 5.07. The van der Waals surface area contributed by atoms with Crippen molar-refractivity contribution in [3.05, 3.63) is 0 Å². The van der Waals surface area contributed by atoms with Crippen LogP contribution >= 0.6 is 0 Å². The van der Waals surface area contributed by atoms with E-state index in [2.05, 4.69) is 11.2 Å². The molecular weight excluding hydrogens is 250 g/mol. The second-order valence-electron chi connectivity index (χ2n) is 4.10. The molecule has 0 saturated heterocycles. The number of carboxylic acid groups (broad SMARTS) is 1. The summed E-state index contributed by atoms with van der Waals surface area (Å²) >= 11 is 0. The maximum absolute atomic E-state index is 11.6. The van der Waals surface area contributed by atoms with Gasteiger partial charge in [-0.1, -0.05) is 5.92 Å². The fraction of sp³-hybridized carbons (Fsp3) is 0.667. The number of hydrogen-bond acceptors (Lipinski definition) is 4. The Morgan fingerprint density at radius 1 is 1.37 bits per heavy atom. The SMILES string of the molecule is C#CCN(CC(=O)O)C(=O)NCCOCCN(C)C. The molecule has 2 N–H and O–H groups in total. The molecule has 2 amide bonds. The van der Waals surface area contributed by atoms with Gasteiger partial charge in [0.25, 0.3) is 0 Å². The summed E-state index contributed by atoms with van der Waals surface area (Å²) in [7, 11) is 3.88. The largest absolute Gasteiger partial charge is 0.480 e. The highest BCUT2D eigenvalue weighted by atomic mass is 16.5. The smallest absolute Gasteiger partial charge is 0.323 e. The number of carboxylic acids is 1. The van der Waals surface area contributed by atoms with Crippen LogP contribution in [0.2, 0.25) is 0 Å². The summed E-state index contributed by atoms with van der Waals surface area (Å²) in [5, 5.41) is 11.2. The average Bonchev–Trinajstić information content (AvgIpc) is 2.31. The molecule has 0 rings (SSSR count). The number of carbonyl (C=O) groups excluding carboxylic acids is 1. The van der Waals surface area contributed by atoms with Crippen LogP contribution in [0.3, 0.4) is 0 Å². The van der Waals surface area contributed by atoms with Gasteiger partial charge in [-0.15, -0.1) is 6.42 Å². The Kier molecular flexibility index (Phi) is 9.22. The molecule has 0 aromatic rings. The van der Waals surface area contributed by atoms with E-state index in [9.17, 15) is 9.59 Å². The Morgan fingerprint density at radius 3 is 2.58 bits per heavy atom. The fourth-order valence-electron chi connectivity index (χ4n) is 1.16. The third-order valence-corrected chi connectivity index (χ3v) is 2.10. The Bertz CT molecular complexity index is 325. The molecule has 0 aliphatic carbocycles. The zero-order valence-corrected chi connectivity index (χ0v) is 11.4. The first-order valence-corrected chi connectivity index (χ1v) is 5.88. The molecule has 0 heterocycles. The van der Waals surface area contributed by atoms with E-state index in [0.29, 0.717) is 19.8 Å². The number of urea groups is 1. The summed E-state index contributed by atoms with van der Waals surface area (Å²) in [6, 6.07) is -0.503. The van der Waals surface area contributed by atoms with Gasteiger partial charge in [0.05, 0.1) is 19.8 Å². The van der Waals surface area contributed by atoms with Gasteiger partial charge in [-0.25, -0.2) is 4.79 Å². The standard InChI is InChI=1S/C12H21N3O4/c1-4-6-15(10-11(16)17)12(18)13-5-8-19-9-7-14(2)3/h1H,5-10H2,2-3H3,(H,13,18)(H,16,17). The predicted molar refractivity (Wildman–Crippen MR) is 70.8 cm³/mol. The molecule has 108 valence electrons. The number of nitrogens with one attached hydrogen (secondary N) is 1. The molecule has 0 aliphatic heterocycles. The highest BCUT2D eigenvalue weighted by Gasteiger charge is 2.14.